The van der Waals surface area contributed by atoms with E-state index in [-0.39, 0.29) is 22.6 Å². The van der Waals surface area contributed by atoms with Crippen LogP contribution in [0.25, 0.3) is 0 Å². The third-order valence-electron chi connectivity index (χ3n) is 2.80. The summed E-state index contributed by atoms with van der Waals surface area (Å²) in [5.74, 6) is -1.97. The van der Waals surface area contributed by atoms with E-state index in [1.807, 2.05) is 0 Å². The van der Waals surface area contributed by atoms with E-state index in [9.17, 15) is 24.0 Å². The van der Waals surface area contributed by atoms with Gasteiger partial charge in [0.2, 0.25) is 0 Å². The van der Waals surface area contributed by atoms with Crippen LogP contribution >= 0.6 is 18.6 Å². The van der Waals surface area contributed by atoms with Crippen LogP contribution < -0.4 is 0 Å². The second kappa shape index (κ2) is 9.69. The number of phenolic OH excluding ortho intramolecular Hbond substituents is 1. The van der Waals surface area contributed by atoms with E-state index in [1.165, 1.54) is 19.1 Å². The van der Waals surface area contributed by atoms with Gasteiger partial charge in [-0.25, -0.2) is 13.8 Å². The van der Waals surface area contributed by atoms with Crippen LogP contribution in [0, 0.1) is 28.7 Å². The molecule has 0 aliphatic heterocycles. The van der Waals surface area contributed by atoms with Crippen molar-refractivity contribution >= 4 is 36.2 Å². The minimum absolute atomic E-state index is 0.00403. The van der Waals surface area contributed by atoms with E-state index in [1.54, 1.807) is 0 Å². The van der Waals surface area contributed by atoms with E-state index in [4.69, 9.17) is 18.6 Å². The second-order valence-corrected chi connectivity index (χ2v) is 6.94. The van der Waals surface area contributed by atoms with Crippen molar-refractivity contribution in [2.24, 2.45) is 4.99 Å². The van der Waals surface area contributed by atoms with Crippen molar-refractivity contribution < 1.29 is 35.8 Å². The molecule has 10 heteroatoms. The molecule has 0 aliphatic rings. The van der Waals surface area contributed by atoms with Gasteiger partial charge in [-0.2, -0.15) is 0 Å². The first-order valence-corrected chi connectivity index (χ1v) is 10.5. The fraction of sp³-hybridized carbons (Fsp3) is 0.0714. The number of para-hydroxylation sites is 1. The summed E-state index contributed by atoms with van der Waals surface area (Å²) in [6.45, 7) is 1.48. The molecule has 0 saturated heterocycles. The molecule has 126 valence electrons. The average molecular weight is 411 g/mol. The Labute approximate surface area is 152 Å². The first kappa shape index (κ1) is 20.5. The minimum atomic E-state index is -0.868. The Bertz CT molecular complexity index is 756. The Balaban J connectivity index is 0.000000891. The Morgan fingerprint density at radius 1 is 1.29 bits per heavy atom. The van der Waals surface area contributed by atoms with Crippen LogP contribution in [0.5, 0.6) is 5.75 Å². The van der Waals surface area contributed by atoms with Crippen LogP contribution in [0.3, 0.4) is 0 Å². The van der Waals surface area contributed by atoms with Crippen LogP contribution in [-0.4, -0.2) is 16.2 Å². The van der Waals surface area contributed by atoms with Crippen molar-refractivity contribution in [1.29, 1.82) is 0 Å². The number of halogens is 4. The Kier molecular flexibility index (Phi) is 8.28. The molecule has 0 unspecified atom stereocenters. The fourth-order valence-electron chi connectivity index (χ4n) is 1.74. The molecule has 0 radical (unpaired) electrons. The van der Waals surface area contributed by atoms with Crippen LogP contribution in [0.15, 0.2) is 35.3 Å². The van der Waals surface area contributed by atoms with Gasteiger partial charge in [-0.3, -0.25) is 10.1 Å². The van der Waals surface area contributed by atoms with E-state index in [0.29, 0.717) is 0 Å². The van der Waals surface area contributed by atoms with Gasteiger partial charge >= 0.3 is 35.6 Å². The number of hydrogen-bond acceptors (Lipinski definition) is 4. The van der Waals surface area contributed by atoms with Gasteiger partial charge in [-0.1, -0.05) is 6.07 Å². The third-order valence-corrected chi connectivity index (χ3v) is 2.80. The van der Waals surface area contributed by atoms with Gasteiger partial charge in [0.25, 0.3) is 5.69 Å². The quantitative estimate of drug-likeness (QED) is 0.334. The van der Waals surface area contributed by atoms with Crippen LogP contribution in [0.1, 0.15) is 11.1 Å². The molecule has 0 atom stereocenters. The molecule has 0 saturated carbocycles. The van der Waals surface area contributed by atoms with E-state index in [0.717, 1.165) is 24.4 Å². The van der Waals surface area contributed by atoms with Crippen molar-refractivity contribution in [2.45, 2.75) is 6.92 Å². The van der Waals surface area contributed by atoms with Gasteiger partial charge in [0.05, 0.1) is 4.92 Å². The number of nitrogens with zero attached hydrogens (tertiary/aromatic N) is 2. The molecule has 2 aromatic rings. The van der Waals surface area contributed by atoms with E-state index >= 15 is 0 Å². The molecular weight excluding hydrogens is 401 g/mol. The molecule has 0 aliphatic carbocycles. The Morgan fingerprint density at radius 3 is 2.33 bits per heavy atom. The summed E-state index contributed by atoms with van der Waals surface area (Å²) in [5, 5.41) is 20.6. The number of non-ortho nitro benzene ring substituents is 1. The molecule has 5 nitrogen and oxygen atoms in total. The first-order chi connectivity index (χ1) is 11.3. The molecule has 0 bridgehead atoms. The van der Waals surface area contributed by atoms with Crippen molar-refractivity contribution in [2.75, 3.05) is 0 Å². The molecule has 24 heavy (non-hydrogen) atoms. The fourth-order valence-corrected chi connectivity index (χ4v) is 1.74. The summed E-state index contributed by atoms with van der Waals surface area (Å²) >= 11 is -0.556. The van der Waals surface area contributed by atoms with Crippen molar-refractivity contribution in [3.8, 4) is 5.75 Å². The maximum atomic E-state index is 13.4. The Hall–Kier alpha value is -1.54. The SMILES string of the molecule is Cc1cc([N+](=O)[O-])cc(C=Nc2c(F)cccc2F)c1O.[Cl][Ti][Cl]. The normalized spacial score (nSPS) is 10.2. The number of rotatable bonds is 3. The zero-order valence-corrected chi connectivity index (χ0v) is 15.2. The molecule has 0 spiro atoms. The van der Waals surface area contributed by atoms with Crippen LogP contribution in [0.4, 0.5) is 20.2 Å². The number of hydrogen-bond donors (Lipinski definition) is 1. The van der Waals surface area contributed by atoms with E-state index < -0.39 is 39.3 Å². The maximum absolute atomic E-state index is 13.4. The van der Waals surface area contributed by atoms with Gasteiger partial charge in [-0.05, 0) is 24.6 Å². The summed E-state index contributed by atoms with van der Waals surface area (Å²) in [6, 6.07) is 5.53. The summed E-state index contributed by atoms with van der Waals surface area (Å²) < 4.78 is 26.8. The van der Waals surface area contributed by atoms with Gasteiger partial charge in [0.1, 0.15) is 11.4 Å². The number of aromatic hydroxyl groups is 1. The second-order valence-electron chi connectivity index (χ2n) is 4.36. The molecule has 0 aromatic heterocycles. The van der Waals surface area contributed by atoms with Crippen molar-refractivity contribution in [3.05, 3.63) is 63.2 Å². The van der Waals surface area contributed by atoms with E-state index in [2.05, 4.69) is 4.99 Å². The zero-order valence-electron chi connectivity index (χ0n) is 12.1. The standard InChI is InChI=1S/C14H10F2N2O3.2ClH.Ti/c1-8-5-10(18(20)21)6-9(14(8)19)7-17-13-11(15)3-2-4-12(13)16;;;/h2-7,19H,1H3;2*1H;/q;;;+2/p-2. The number of phenols is 1. The predicted molar refractivity (Wildman–Crippen MR) is 84.8 cm³/mol. The number of nitro benzene ring substituents is 1. The molecular formula is C14H10Cl2F2N2O3Ti. The molecule has 2 aromatic carbocycles. The predicted octanol–water partition coefficient (Wildman–Crippen LogP) is 5.01. The first-order valence-electron chi connectivity index (χ1n) is 6.24. The van der Waals surface area contributed by atoms with Gasteiger partial charge < -0.3 is 5.11 Å². The summed E-state index contributed by atoms with van der Waals surface area (Å²) in [7, 11) is 9.78. The molecule has 1 N–H and O–H groups in total. The average Bonchev–Trinajstić information content (AvgIpc) is 2.51. The number of aliphatic imine (C=N–C) groups is 1. The van der Waals surface area contributed by atoms with Crippen molar-refractivity contribution in [1.82, 2.24) is 0 Å². The number of nitro groups is 1. The monoisotopic (exact) mass is 410 g/mol. The third kappa shape index (κ3) is 5.52. The zero-order chi connectivity index (χ0) is 18.3. The van der Waals surface area contributed by atoms with Gasteiger partial charge in [0.15, 0.2) is 11.6 Å². The van der Waals surface area contributed by atoms with Gasteiger partial charge in [0, 0.05) is 23.9 Å². The molecule has 0 amide bonds. The number of benzene rings is 2. The molecule has 0 heterocycles. The van der Waals surface area contributed by atoms with Crippen LogP contribution in [-0.2, 0) is 17.0 Å². The van der Waals surface area contributed by atoms with Crippen molar-refractivity contribution in [3.63, 3.8) is 0 Å². The van der Waals surface area contributed by atoms with Gasteiger partial charge in [-0.15, -0.1) is 0 Å². The summed E-state index contributed by atoms with van der Waals surface area (Å²) in [5.41, 5.74) is -0.508. The van der Waals surface area contributed by atoms with Crippen LogP contribution in [0.2, 0.25) is 0 Å². The number of aryl methyl sites for hydroxylation is 1. The topological polar surface area (TPSA) is 75.7 Å². The molecule has 2 rings (SSSR count). The summed E-state index contributed by atoms with van der Waals surface area (Å²) in [4.78, 5) is 13.7. The molecule has 0 fully saturated rings. The Morgan fingerprint density at radius 2 is 1.83 bits per heavy atom. The summed E-state index contributed by atoms with van der Waals surface area (Å²) in [6.07, 6.45) is 0.983.